The summed E-state index contributed by atoms with van der Waals surface area (Å²) in [5.74, 6) is 0.765. The van der Waals surface area contributed by atoms with Crippen LogP contribution in [0.25, 0.3) is 0 Å². The van der Waals surface area contributed by atoms with Gasteiger partial charge in [0.2, 0.25) is 0 Å². The Bertz CT molecular complexity index is 621. The molecule has 0 aromatic heterocycles. The van der Waals surface area contributed by atoms with Crippen molar-refractivity contribution in [2.45, 2.75) is 64.6 Å². The predicted molar refractivity (Wildman–Crippen MR) is 108 cm³/mol. The van der Waals surface area contributed by atoms with Crippen molar-refractivity contribution in [1.82, 2.24) is 9.96 Å². The number of nitrogens with zero attached hydrogens (tertiary/aromatic N) is 2. The summed E-state index contributed by atoms with van der Waals surface area (Å²) >= 11 is 0. The number of methoxy groups -OCH3 is 1. The Morgan fingerprint density at radius 2 is 1.78 bits per heavy atom. The average Bonchev–Trinajstić information content (AvgIpc) is 2.60. The molecule has 0 spiro atoms. The van der Waals surface area contributed by atoms with Crippen molar-refractivity contribution in [3.05, 3.63) is 42.5 Å². The maximum atomic E-state index is 12.8. The Balaban J connectivity index is 2.02. The third-order valence-corrected chi connectivity index (χ3v) is 5.23. The first-order valence-electron chi connectivity index (χ1n) is 9.64. The molecule has 1 heterocycles. The van der Waals surface area contributed by atoms with Crippen LogP contribution in [0.5, 0.6) is 5.75 Å². The van der Waals surface area contributed by atoms with Gasteiger partial charge in [-0.15, -0.1) is 6.58 Å². The summed E-state index contributed by atoms with van der Waals surface area (Å²) in [4.78, 5) is 20.7. The van der Waals surface area contributed by atoms with Gasteiger partial charge in [0.1, 0.15) is 12.4 Å². The molecular formula is C22H34N2O3. The van der Waals surface area contributed by atoms with Crippen LogP contribution >= 0.6 is 0 Å². The fourth-order valence-electron chi connectivity index (χ4n) is 3.90. The normalized spacial score (nSPS) is 18.7. The molecule has 150 valence electrons. The predicted octanol–water partition coefficient (Wildman–Crippen LogP) is 4.18. The molecule has 1 fully saturated rings. The molecule has 5 nitrogen and oxygen atoms in total. The van der Waals surface area contributed by atoms with Crippen LogP contribution < -0.4 is 4.74 Å². The molecular weight excluding hydrogens is 340 g/mol. The highest BCUT2D eigenvalue weighted by molar-refractivity contribution is 5.77. The summed E-state index contributed by atoms with van der Waals surface area (Å²) in [6, 6.07) is 7.75. The van der Waals surface area contributed by atoms with Gasteiger partial charge >= 0.3 is 0 Å². The Morgan fingerprint density at radius 3 is 2.30 bits per heavy atom. The number of carbonyl (C=O) groups is 1. The average molecular weight is 375 g/mol. The Hall–Kier alpha value is -1.85. The highest BCUT2D eigenvalue weighted by Crippen LogP contribution is 2.38. The molecule has 0 bridgehead atoms. The SMILES string of the molecule is C=CCN(Cc1ccc(OC)cc1)C(=O)CON1C(C)(C)CCCC1(C)C. The van der Waals surface area contributed by atoms with Crippen LogP contribution in [0.3, 0.4) is 0 Å². The van der Waals surface area contributed by atoms with E-state index >= 15 is 0 Å². The van der Waals surface area contributed by atoms with Crippen LogP contribution in [0, 0.1) is 0 Å². The zero-order valence-electron chi connectivity index (χ0n) is 17.5. The number of piperidine rings is 1. The molecule has 1 aliphatic rings. The summed E-state index contributed by atoms with van der Waals surface area (Å²) in [6.07, 6.45) is 5.05. The number of ether oxygens (including phenoxy) is 1. The van der Waals surface area contributed by atoms with E-state index in [4.69, 9.17) is 9.57 Å². The van der Waals surface area contributed by atoms with Gasteiger partial charge in [-0.2, -0.15) is 5.06 Å². The standard InChI is InChI=1S/C22H34N2O3/c1-7-15-23(16-18-9-11-19(26-6)12-10-18)20(25)17-27-24-21(2,3)13-8-14-22(24,4)5/h7,9-12H,1,8,13-17H2,2-6H3. The summed E-state index contributed by atoms with van der Waals surface area (Å²) in [7, 11) is 1.64. The minimum Gasteiger partial charge on any atom is -0.497 e. The number of hydroxylamine groups is 2. The molecule has 27 heavy (non-hydrogen) atoms. The molecule has 1 amide bonds. The Kier molecular flexibility index (Phi) is 7.06. The van der Waals surface area contributed by atoms with Crippen molar-refractivity contribution in [3.63, 3.8) is 0 Å². The lowest BCUT2D eigenvalue weighted by Crippen LogP contribution is -2.58. The lowest BCUT2D eigenvalue weighted by Gasteiger charge is -2.51. The zero-order valence-corrected chi connectivity index (χ0v) is 17.5. The number of carbonyl (C=O) groups excluding carboxylic acids is 1. The molecule has 2 rings (SSSR count). The summed E-state index contributed by atoms with van der Waals surface area (Å²) in [5.41, 5.74) is 0.882. The van der Waals surface area contributed by atoms with Gasteiger partial charge in [-0.3, -0.25) is 9.63 Å². The smallest absolute Gasteiger partial charge is 0.251 e. The quantitative estimate of drug-likeness (QED) is 0.640. The Labute approximate surface area is 163 Å². The van der Waals surface area contributed by atoms with E-state index < -0.39 is 0 Å². The zero-order chi connectivity index (χ0) is 20.1. The van der Waals surface area contributed by atoms with Gasteiger partial charge in [0.15, 0.2) is 0 Å². The van der Waals surface area contributed by atoms with Crippen LogP contribution in [0.1, 0.15) is 52.5 Å². The van der Waals surface area contributed by atoms with Gasteiger partial charge < -0.3 is 9.64 Å². The molecule has 1 aliphatic heterocycles. The van der Waals surface area contributed by atoms with E-state index in [1.54, 1.807) is 18.1 Å². The van der Waals surface area contributed by atoms with E-state index in [1.807, 2.05) is 29.3 Å². The van der Waals surface area contributed by atoms with Crippen molar-refractivity contribution < 1.29 is 14.4 Å². The summed E-state index contributed by atoms with van der Waals surface area (Å²) in [6.45, 7) is 13.5. The molecule has 0 saturated carbocycles. The molecule has 0 radical (unpaired) electrons. The second-order valence-electron chi connectivity index (χ2n) is 8.46. The first-order chi connectivity index (χ1) is 12.7. The van der Waals surface area contributed by atoms with Crippen LogP contribution in [0.2, 0.25) is 0 Å². The molecule has 5 heteroatoms. The third kappa shape index (κ3) is 5.56. The minimum absolute atomic E-state index is 0.0385. The molecule has 1 aromatic rings. The van der Waals surface area contributed by atoms with Crippen molar-refractivity contribution >= 4 is 5.91 Å². The van der Waals surface area contributed by atoms with Crippen molar-refractivity contribution in [2.24, 2.45) is 0 Å². The summed E-state index contributed by atoms with van der Waals surface area (Å²) in [5, 5.41) is 2.03. The van der Waals surface area contributed by atoms with Crippen LogP contribution in [0.15, 0.2) is 36.9 Å². The first-order valence-corrected chi connectivity index (χ1v) is 9.64. The first kappa shape index (κ1) is 21.5. The molecule has 1 saturated heterocycles. The summed E-state index contributed by atoms with van der Waals surface area (Å²) < 4.78 is 5.19. The highest BCUT2D eigenvalue weighted by atomic mass is 16.7. The van der Waals surface area contributed by atoms with E-state index in [9.17, 15) is 4.79 Å². The van der Waals surface area contributed by atoms with E-state index in [1.165, 1.54) is 6.42 Å². The third-order valence-electron chi connectivity index (χ3n) is 5.23. The van der Waals surface area contributed by atoms with Gasteiger partial charge in [0.25, 0.3) is 5.91 Å². The number of hydrogen-bond acceptors (Lipinski definition) is 4. The lowest BCUT2D eigenvalue weighted by atomic mass is 9.82. The van der Waals surface area contributed by atoms with Crippen molar-refractivity contribution in [2.75, 3.05) is 20.3 Å². The monoisotopic (exact) mass is 374 g/mol. The number of rotatable bonds is 8. The van der Waals surface area contributed by atoms with Gasteiger partial charge in [0.05, 0.1) is 7.11 Å². The van der Waals surface area contributed by atoms with Crippen molar-refractivity contribution in [3.8, 4) is 5.75 Å². The van der Waals surface area contributed by atoms with Gasteiger partial charge in [-0.05, 0) is 64.7 Å². The number of amides is 1. The molecule has 0 N–H and O–H groups in total. The topological polar surface area (TPSA) is 42.0 Å². The van der Waals surface area contributed by atoms with Gasteiger partial charge in [0, 0.05) is 24.2 Å². The number of hydrogen-bond donors (Lipinski definition) is 0. The van der Waals surface area contributed by atoms with Crippen molar-refractivity contribution in [1.29, 1.82) is 0 Å². The second-order valence-corrected chi connectivity index (χ2v) is 8.46. The minimum atomic E-state index is -0.0821. The molecule has 1 aromatic carbocycles. The number of benzene rings is 1. The highest BCUT2D eigenvalue weighted by Gasteiger charge is 2.42. The van der Waals surface area contributed by atoms with Gasteiger partial charge in [-0.1, -0.05) is 18.2 Å². The van der Waals surface area contributed by atoms with Crippen LogP contribution in [0.4, 0.5) is 0 Å². The maximum Gasteiger partial charge on any atom is 0.251 e. The van der Waals surface area contributed by atoms with E-state index in [0.717, 1.165) is 24.2 Å². The maximum absolute atomic E-state index is 12.8. The molecule has 0 aliphatic carbocycles. The van der Waals surface area contributed by atoms with E-state index in [-0.39, 0.29) is 23.6 Å². The van der Waals surface area contributed by atoms with Gasteiger partial charge in [-0.25, -0.2) is 0 Å². The fourth-order valence-corrected chi connectivity index (χ4v) is 3.90. The van der Waals surface area contributed by atoms with E-state index in [2.05, 4.69) is 34.3 Å². The van der Waals surface area contributed by atoms with Crippen LogP contribution in [-0.4, -0.2) is 47.2 Å². The largest absolute Gasteiger partial charge is 0.497 e. The molecule has 0 atom stereocenters. The second kappa shape index (κ2) is 8.89. The fraction of sp³-hybridized carbons (Fsp3) is 0.591. The van der Waals surface area contributed by atoms with E-state index in [0.29, 0.717) is 13.1 Å². The Morgan fingerprint density at radius 1 is 1.19 bits per heavy atom. The molecule has 0 unspecified atom stereocenters. The van der Waals surface area contributed by atoms with Crippen LogP contribution in [-0.2, 0) is 16.2 Å². The lowest BCUT2D eigenvalue weighted by molar-refractivity contribution is -0.278.